The molecule has 4 aromatic rings. The summed E-state index contributed by atoms with van der Waals surface area (Å²) in [7, 11) is 1.63. The standard InChI is InChI=1S/C19H15FN4OS2/c1-25-16-6-4-15(5-7-16)22-18-23-24-19(27-18)26-11-13-10-14(20)9-12-3-2-8-21-17(12)13/h2-10H,11H2,1H3,(H,22,23). The van der Waals surface area contributed by atoms with Crippen molar-refractivity contribution in [1.29, 1.82) is 0 Å². The maximum Gasteiger partial charge on any atom is 0.210 e. The Balaban J connectivity index is 1.45. The van der Waals surface area contributed by atoms with E-state index in [1.165, 1.54) is 35.2 Å². The van der Waals surface area contributed by atoms with Crippen molar-refractivity contribution in [3.8, 4) is 5.75 Å². The van der Waals surface area contributed by atoms with Crippen LogP contribution in [0.15, 0.2) is 59.1 Å². The first-order valence-electron chi connectivity index (χ1n) is 8.12. The number of hydrogen-bond acceptors (Lipinski definition) is 7. The SMILES string of the molecule is COc1ccc(Nc2nnc(SCc3cc(F)cc4cccnc34)s2)cc1. The molecule has 0 fully saturated rings. The van der Waals surface area contributed by atoms with E-state index in [-0.39, 0.29) is 5.82 Å². The number of methoxy groups -OCH3 is 1. The predicted molar refractivity (Wildman–Crippen MR) is 107 cm³/mol. The molecule has 0 atom stereocenters. The molecule has 0 aliphatic heterocycles. The molecule has 1 N–H and O–H groups in total. The van der Waals surface area contributed by atoms with Gasteiger partial charge in [0.1, 0.15) is 11.6 Å². The fraction of sp³-hybridized carbons (Fsp3) is 0.105. The normalized spacial score (nSPS) is 10.9. The van der Waals surface area contributed by atoms with Crippen molar-refractivity contribution in [2.75, 3.05) is 12.4 Å². The number of ether oxygens (including phenoxy) is 1. The summed E-state index contributed by atoms with van der Waals surface area (Å²) in [4.78, 5) is 4.37. The van der Waals surface area contributed by atoms with E-state index in [2.05, 4.69) is 20.5 Å². The topological polar surface area (TPSA) is 59.9 Å². The van der Waals surface area contributed by atoms with Gasteiger partial charge >= 0.3 is 0 Å². The van der Waals surface area contributed by atoms with Crippen LogP contribution >= 0.6 is 23.1 Å². The summed E-state index contributed by atoms with van der Waals surface area (Å²) in [5, 5.41) is 13.1. The number of aromatic nitrogens is 3. The van der Waals surface area contributed by atoms with Crippen LogP contribution in [0.1, 0.15) is 5.56 Å². The average molecular weight is 398 g/mol. The molecule has 8 heteroatoms. The van der Waals surface area contributed by atoms with Gasteiger partial charge in [-0.25, -0.2) is 4.39 Å². The van der Waals surface area contributed by atoms with E-state index in [9.17, 15) is 4.39 Å². The zero-order chi connectivity index (χ0) is 18.6. The first kappa shape index (κ1) is 17.7. The second kappa shape index (κ2) is 7.89. The number of benzene rings is 2. The van der Waals surface area contributed by atoms with E-state index >= 15 is 0 Å². The van der Waals surface area contributed by atoms with Crippen molar-refractivity contribution in [2.24, 2.45) is 0 Å². The number of anilines is 2. The molecule has 5 nitrogen and oxygen atoms in total. The van der Waals surface area contributed by atoms with Crippen LogP contribution in [0.5, 0.6) is 5.75 Å². The van der Waals surface area contributed by atoms with E-state index in [0.29, 0.717) is 10.9 Å². The number of nitrogens with zero attached hydrogens (tertiary/aromatic N) is 3. The third kappa shape index (κ3) is 4.17. The van der Waals surface area contributed by atoms with Crippen molar-refractivity contribution in [3.63, 3.8) is 0 Å². The first-order valence-corrected chi connectivity index (χ1v) is 9.92. The van der Waals surface area contributed by atoms with Crippen molar-refractivity contribution in [1.82, 2.24) is 15.2 Å². The van der Waals surface area contributed by atoms with Gasteiger partial charge in [0.25, 0.3) is 0 Å². The Morgan fingerprint density at radius 2 is 2.00 bits per heavy atom. The van der Waals surface area contributed by atoms with E-state index in [1.54, 1.807) is 19.4 Å². The molecular formula is C19H15FN4OS2. The van der Waals surface area contributed by atoms with E-state index in [0.717, 1.165) is 32.2 Å². The highest BCUT2D eigenvalue weighted by Gasteiger charge is 2.09. The summed E-state index contributed by atoms with van der Waals surface area (Å²) in [5.41, 5.74) is 2.56. The minimum atomic E-state index is -0.259. The van der Waals surface area contributed by atoms with Crippen molar-refractivity contribution < 1.29 is 9.13 Å². The minimum absolute atomic E-state index is 0.259. The van der Waals surface area contributed by atoms with Crippen molar-refractivity contribution in [2.45, 2.75) is 10.1 Å². The minimum Gasteiger partial charge on any atom is -0.497 e. The molecule has 2 heterocycles. The zero-order valence-corrected chi connectivity index (χ0v) is 16.0. The Hall–Kier alpha value is -2.71. The molecule has 4 rings (SSSR count). The summed E-state index contributed by atoms with van der Waals surface area (Å²) < 4.78 is 19.8. The molecule has 0 spiro atoms. The first-order chi connectivity index (χ1) is 13.2. The number of halogens is 1. The highest BCUT2D eigenvalue weighted by molar-refractivity contribution is 8.00. The quantitative estimate of drug-likeness (QED) is 0.447. The van der Waals surface area contributed by atoms with Gasteiger partial charge in [-0.3, -0.25) is 4.98 Å². The molecule has 27 heavy (non-hydrogen) atoms. The van der Waals surface area contributed by atoms with Gasteiger partial charge in [-0.2, -0.15) is 0 Å². The smallest absolute Gasteiger partial charge is 0.210 e. The highest BCUT2D eigenvalue weighted by atomic mass is 32.2. The van der Waals surface area contributed by atoms with Gasteiger partial charge in [0.15, 0.2) is 4.34 Å². The maximum absolute atomic E-state index is 13.8. The van der Waals surface area contributed by atoms with E-state index < -0.39 is 0 Å². The van der Waals surface area contributed by atoms with Gasteiger partial charge in [0, 0.05) is 23.0 Å². The summed E-state index contributed by atoms with van der Waals surface area (Å²) in [5.74, 6) is 1.11. The molecule has 0 unspecified atom stereocenters. The average Bonchev–Trinajstić information content (AvgIpc) is 3.14. The molecule has 0 aliphatic carbocycles. The molecular weight excluding hydrogens is 383 g/mol. The Morgan fingerprint density at radius 3 is 2.81 bits per heavy atom. The molecule has 2 aromatic heterocycles. The highest BCUT2D eigenvalue weighted by Crippen LogP contribution is 2.32. The van der Waals surface area contributed by atoms with Crippen LogP contribution in [-0.2, 0) is 5.75 Å². The fourth-order valence-electron chi connectivity index (χ4n) is 2.59. The van der Waals surface area contributed by atoms with Gasteiger partial charge in [0.05, 0.1) is 12.6 Å². The number of thioether (sulfide) groups is 1. The number of hydrogen-bond donors (Lipinski definition) is 1. The molecule has 0 bridgehead atoms. The maximum atomic E-state index is 13.8. The van der Waals surface area contributed by atoms with E-state index in [1.807, 2.05) is 30.3 Å². The lowest BCUT2D eigenvalue weighted by Crippen LogP contribution is -1.89. The molecule has 0 saturated heterocycles. The van der Waals surface area contributed by atoms with Crippen LogP contribution in [-0.4, -0.2) is 22.3 Å². The third-order valence-electron chi connectivity index (χ3n) is 3.85. The molecule has 2 aromatic carbocycles. The number of nitrogens with one attached hydrogen (secondary N) is 1. The largest absolute Gasteiger partial charge is 0.497 e. The summed E-state index contributed by atoms with van der Waals surface area (Å²) in [6, 6.07) is 14.3. The second-order valence-electron chi connectivity index (χ2n) is 5.66. The van der Waals surface area contributed by atoms with Crippen LogP contribution in [0.2, 0.25) is 0 Å². The van der Waals surface area contributed by atoms with Crippen molar-refractivity contribution >= 4 is 44.8 Å². The van der Waals surface area contributed by atoms with Gasteiger partial charge in [-0.05, 0) is 48.0 Å². The number of pyridine rings is 1. The van der Waals surface area contributed by atoms with Gasteiger partial charge in [0.2, 0.25) is 5.13 Å². The Bertz CT molecular complexity index is 1070. The predicted octanol–water partition coefficient (Wildman–Crippen LogP) is 5.27. The lowest BCUT2D eigenvalue weighted by molar-refractivity contribution is 0.415. The van der Waals surface area contributed by atoms with E-state index in [4.69, 9.17) is 4.74 Å². The van der Waals surface area contributed by atoms with Crippen LogP contribution in [0.3, 0.4) is 0 Å². The third-order valence-corrected chi connectivity index (χ3v) is 5.87. The van der Waals surface area contributed by atoms with Gasteiger partial charge in [-0.1, -0.05) is 29.2 Å². The Morgan fingerprint density at radius 1 is 1.15 bits per heavy atom. The Kier molecular flexibility index (Phi) is 5.17. The lowest BCUT2D eigenvalue weighted by atomic mass is 10.1. The second-order valence-corrected chi connectivity index (χ2v) is 7.86. The fourth-order valence-corrected chi connectivity index (χ4v) is 4.34. The van der Waals surface area contributed by atoms with Crippen molar-refractivity contribution in [3.05, 3.63) is 66.1 Å². The zero-order valence-electron chi connectivity index (χ0n) is 14.3. The molecule has 0 radical (unpaired) electrons. The monoisotopic (exact) mass is 398 g/mol. The lowest BCUT2D eigenvalue weighted by Gasteiger charge is -2.05. The molecule has 136 valence electrons. The Labute approximate surface area is 163 Å². The van der Waals surface area contributed by atoms with Crippen LogP contribution in [0, 0.1) is 5.82 Å². The van der Waals surface area contributed by atoms with Crippen LogP contribution in [0.4, 0.5) is 15.2 Å². The number of rotatable bonds is 6. The molecule has 0 aliphatic rings. The van der Waals surface area contributed by atoms with Gasteiger partial charge in [-0.15, -0.1) is 10.2 Å². The molecule has 0 amide bonds. The summed E-state index contributed by atoms with van der Waals surface area (Å²) in [6.45, 7) is 0. The summed E-state index contributed by atoms with van der Waals surface area (Å²) >= 11 is 2.96. The number of fused-ring (bicyclic) bond motifs is 1. The summed E-state index contributed by atoms with van der Waals surface area (Å²) in [6.07, 6.45) is 1.72. The van der Waals surface area contributed by atoms with Crippen LogP contribution in [0.25, 0.3) is 10.9 Å². The van der Waals surface area contributed by atoms with Crippen LogP contribution < -0.4 is 10.1 Å². The van der Waals surface area contributed by atoms with Gasteiger partial charge < -0.3 is 10.1 Å². The molecule has 0 saturated carbocycles.